The zero-order valence-electron chi connectivity index (χ0n) is 81.9. The van der Waals surface area contributed by atoms with Crippen molar-refractivity contribution < 1.29 is 77.8 Å². The summed E-state index contributed by atoms with van der Waals surface area (Å²) in [6.45, 7) is 14.1. The Kier molecular flexibility index (Phi) is 54.8. The molecule has 0 bridgehead atoms. The Labute approximate surface area is 840 Å². The van der Waals surface area contributed by atoms with E-state index in [9.17, 15) is 52.5 Å². The Morgan fingerprint density at radius 1 is 0.504 bits per heavy atom. The van der Waals surface area contributed by atoms with Gasteiger partial charge in [0.25, 0.3) is 21.9 Å². The average molecular weight is 2070 g/mol. The Hall–Kier alpha value is -5.93. The number of carbonyl (C=O) groups excluding carboxylic acids is 5. The molecule has 12 atom stereocenters. The molecule has 0 aromatic heterocycles. The Morgan fingerprint density at radius 3 is 1.20 bits per heavy atom. The first-order valence-electron chi connectivity index (χ1n) is 49.5. The fourth-order valence-electron chi connectivity index (χ4n) is 20.7. The third kappa shape index (κ3) is 40.2. The van der Waals surface area contributed by atoms with Gasteiger partial charge in [-0.1, -0.05) is 170 Å². The maximum absolute atomic E-state index is 12.8. The molecule has 34 heteroatoms. The number of hydrogen-bond acceptors (Lipinski definition) is 24. The van der Waals surface area contributed by atoms with Gasteiger partial charge in [-0.15, -0.1) is 17.9 Å². The van der Waals surface area contributed by atoms with Gasteiger partial charge in [0.2, 0.25) is 11.8 Å². The monoisotopic (exact) mass is 2060 g/mol. The number of benzene rings is 4. The number of phenols is 3. The number of fused-ring (bicyclic) bond motifs is 1. The maximum Gasteiger partial charge on any atom is 0.337 e. The van der Waals surface area contributed by atoms with E-state index in [1.165, 1.54) is 282 Å². The van der Waals surface area contributed by atoms with Gasteiger partial charge in [0.1, 0.15) is 18.6 Å². The quantitative estimate of drug-likeness (QED) is 0.0142. The van der Waals surface area contributed by atoms with Crippen LogP contribution in [0.1, 0.15) is 260 Å². The fraction of sp³-hybridized carbons (Fsp3) is 0.683. The van der Waals surface area contributed by atoms with E-state index in [1.54, 1.807) is 18.2 Å². The summed E-state index contributed by atoms with van der Waals surface area (Å²) in [6, 6.07) is 23.7. The number of phenolic OH excluding ortho intramolecular Hbond substituents is 3. The number of nitrogens with zero attached hydrogens (tertiary/aromatic N) is 8. The van der Waals surface area contributed by atoms with E-state index in [2.05, 4.69) is 77.4 Å². The minimum atomic E-state index is -3.31. The number of carboxylic acids is 1. The Morgan fingerprint density at radius 2 is 0.822 bits per heavy atom. The number of terminal acetylenes is 1. The number of aliphatic hydroxyl groups excluding tert-OH is 1. The number of halogens is 5. The normalized spacial score (nSPS) is 25.4. The molecule has 17 rings (SSSR count). The number of aryl methyl sites for hydroxylation is 1. The van der Waals surface area contributed by atoms with Crippen molar-refractivity contribution in [3.8, 4) is 30.1 Å². The van der Waals surface area contributed by atoms with E-state index in [4.69, 9.17) is 76.5 Å². The van der Waals surface area contributed by atoms with Crippen LogP contribution in [0.5, 0.6) is 17.2 Å². The van der Waals surface area contributed by atoms with E-state index in [0.29, 0.717) is 82.5 Å². The molecule has 27 nitrogen and oxygen atoms in total. The number of rotatable bonds is 19. The van der Waals surface area contributed by atoms with E-state index < -0.39 is 33.9 Å². The van der Waals surface area contributed by atoms with E-state index >= 15 is 0 Å². The second-order valence-electron chi connectivity index (χ2n) is 37.0. The number of carbonyl (C=O) groups is 6. The maximum atomic E-state index is 12.8. The number of aliphatic hydroxyl groups is 1. The van der Waals surface area contributed by atoms with Gasteiger partial charge in [-0.2, -0.15) is 8.42 Å². The highest BCUT2D eigenvalue weighted by Crippen LogP contribution is 2.38. The second kappa shape index (κ2) is 63.8. The molecular weight excluding hydrogens is 1910 g/mol. The Balaban J connectivity index is 0.000000240. The van der Waals surface area contributed by atoms with Gasteiger partial charge >= 0.3 is 11.9 Å². The van der Waals surface area contributed by atoms with Crippen molar-refractivity contribution in [1.82, 2.24) is 44.7 Å². The molecule has 6 saturated carbocycles. The molecule has 13 aliphatic rings. The molecule has 9 N–H and O–H groups in total. The van der Waals surface area contributed by atoms with Crippen molar-refractivity contribution in [1.29, 1.82) is 4.78 Å². The number of likely N-dealkylation sites (N-methyl/N-ethyl adjacent to an activating group) is 3. The van der Waals surface area contributed by atoms with Crippen molar-refractivity contribution in [3.63, 3.8) is 0 Å². The van der Waals surface area contributed by atoms with Crippen molar-refractivity contribution in [3.05, 3.63) is 121 Å². The first-order valence-corrected chi connectivity index (χ1v) is 54.3. The summed E-state index contributed by atoms with van der Waals surface area (Å²) in [5, 5.41) is 51.3. The summed E-state index contributed by atoms with van der Waals surface area (Å²) in [5.41, 5.74) is 8.50. The summed E-state index contributed by atoms with van der Waals surface area (Å²) in [6.07, 6.45) is 51.9. The molecule has 7 heterocycles. The summed E-state index contributed by atoms with van der Waals surface area (Å²) < 4.78 is 44.0. The zero-order valence-corrected chi connectivity index (χ0v) is 87.1. The molecule has 7 aliphatic heterocycles. The van der Waals surface area contributed by atoms with E-state index in [0.717, 1.165) is 91.7 Å². The lowest BCUT2D eigenvalue weighted by atomic mass is 9.88. The number of ether oxygens (including phenoxy) is 1. The summed E-state index contributed by atoms with van der Waals surface area (Å²) in [7, 11) is 4.26. The van der Waals surface area contributed by atoms with Crippen molar-refractivity contribution in [2.75, 3.05) is 106 Å². The van der Waals surface area contributed by atoms with E-state index in [1.807, 2.05) is 54.9 Å². The molecule has 0 radical (unpaired) electrons. The molecule has 4 aromatic carbocycles. The average Bonchev–Trinajstić information content (AvgIpc) is 1.71. The first kappa shape index (κ1) is 116. The molecule has 0 spiro atoms. The number of epoxide rings is 1. The zero-order chi connectivity index (χ0) is 99.8. The number of nitrogens with one attached hydrogen (secondary N) is 2. The molecule has 4 amide bonds. The van der Waals surface area contributed by atoms with Crippen LogP contribution in [0.2, 0.25) is 20.1 Å². The fourth-order valence-corrected chi connectivity index (χ4v) is 22.2. The van der Waals surface area contributed by atoms with Crippen molar-refractivity contribution in [2.45, 2.75) is 337 Å². The van der Waals surface area contributed by atoms with Gasteiger partial charge < -0.3 is 56.0 Å². The molecule has 135 heavy (non-hydrogen) atoms. The lowest BCUT2D eigenvalue weighted by Crippen LogP contribution is -2.53. The summed E-state index contributed by atoms with van der Waals surface area (Å²) in [4.78, 5) is 91.4. The van der Waals surface area contributed by atoms with Gasteiger partial charge in [-0.3, -0.25) is 52.7 Å². The topological polar surface area (TPSA) is 357 Å². The van der Waals surface area contributed by atoms with Crippen LogP contribution >= 0.6 is 62.3 Å². The predicted octanol–water partition coefficient (Wildman–Crippen LogP) is 17.2. The summed E-state index contributed by atoms with van der Waals surface area (Å²) >= 11 is 29.7. The number of aromatic hydroxyl groups is 3. The molecule has 6 aliphatic carbocycles. The number of imide groups is 1. The number of nitrogens with two attached hydrogens (primary N) is 1. The highest BCUT2D eigenvalue weighted by atomic mass is 79.9. The number of alkyl halides is 1. The largest absolute Gasteiger partial charge is 0.506 e. The summed E-state index contributed by atoms with van der Waals surface area (Å²) in [5.74, 6) is -0.630. The minimum absolute atomic E-state index is 0.0307. The number of aliphatic carboxylic acids is 1. The smallest absolute Gasteiger partial charge is 0.337 e. The van der Waals surface area contributed by atoms with Crippen LogP contribution in [0.15, 0.2) is 72.8 Å². The van der Waals surface area contributed by atoms with Crippen LogP contribution in [0, 0.1) is 24.5 Å². The number of hydroxylamine groups is 2. The van der Waals surface area contributed by atoms with Gasteiger partial charge in [0.05, 0.1) is 71.4 Å². The lowest BCUT2D eigenvalue weighted by molar-refractivity contribution is -0.197. The van der Waals surface area contributed by atoms with Gasteiger partial charge in [0.15, 0.2) is 0 Å². The van der Waals surface area contributed by atoms with Crippen LogP contribution in [0.4, 0.5) is 0 Å². The first-order chi connectivity index (χ1) is 65.4. The highest BCUT2D eigenvalue weighted by Gasteiger charge is 2.42. The van der Waals surface area contributed by atoms with Crippen LogP contribution in [0.3, 0.4) is 0 Å². The highest BCUT2D eigenvalue weighted by molar-refractivity contribution is 9.08. The van der Waals surface area contributed by atoms with Crippen LogP contribution in [-0.2, 0) is 90.8 Å². The van der Waals surface area contributed by atoms with E-state index in [-0.39, 0.29) is 77.0 Å². The molecule has 4 aromatic rings. The predicted molar refractivity (Wildman–Crippen MR) is 544 cm³/mol. The number of amides is 4. The number of likely N-dealkylation sites (tertiary alicyclic amines) is 5. The van der Waals surface area contributed by atoms with Crippen LogP contribution < -0.4 is 11.1 Å². The molecular formula is C101H156BrCl4N11O16S2. The number of hydrogen-bond donors (Lipinski definition) is 8. The van der Waals surface area contributed by atoms with Gasteiger partial charge in [-0.05, 0) is 304 Å². The second-order valence-corrected chi connectivity index (χ2v) is 40.2. The lowest BCUT2D eigenvalue weighted by Gasteiger charge is -2.42. The molecule has 7 saturated heterocycles. The number of carboxylic acid groups (broad SMARTS) is 1. The molecule has 4 unspecified atom stereocenters. The minimum Gasteiger partial charge on any atom is -0.506 e. The molecule has 758 valence electrons. The van der Waals surface area contributed by atoms with Crippen molar-refractivity contribution in [2.24, 2.45) is 5.73 Å². The third-order valence-electron chi connectivity index (χ3n) is 27.8. The van der Waals surface area contributed by atoms with Crippen LogP contribution in [-0.4, -0.2) is 287 Å². The third-order valence-corrected chi connectivity index (χ3v) is 29.7. The van der Waals surface area contributed by atoms with Crippen molar-refractivity contribution >= 4 is 120 Å². The standard InChI is InChI=1S/C20H29ClN2O.C19H27ClN2O2.C12H10ClNO5.C11H22N2.C11H21NO3S.C10H19NO.C8H7ClO3.C6H10O.C2H2.CH3Br.CH5N.HNS/c1-15-9-10-16(13-17(15)21)14-20(24)22(2)18-7-3-4-8-19(18)23-11-5-6-12-23;1-21(19(24)13-14-8-9-18(23)15(20)12-14)16-6-2-3-7-17(16)22-10-4-5-11-22;13-8-5-7(1-2-9(8)15)6-12(18)19-14-10(16)3-4-11(14)17;1-12-10-6-2-3-7-11(10)13-8-4-5-9-13;1-16(13,14)15-11-7-3-2-6-10(11)12-8-4-5-9-12;12-10-6-2-1-5-9(10)11-7-3-4-8-11;9-6-3-5(4-8(11)12)1-2-7(6)10;1-2-4-6-5(3-1)7-6;4*1-2/h9-10,13,18-19H,3-8,11-12,14H2,1-2H3;8-9,12,16-17,23H,2-7,10-11,13H2,1H3;1-2,5,15H,3-4,6H2;10-12H,2-9H2,1H3;10-11H,2-9H2,1H3;9-10,12H,1-8H2;1-3,10H,4H2,(H,11,12);5-6H,1-4H2;1-2H;1H3;2H2,1H3;1H/t18?,19-;16?,17-;;2*10-,11-;9-,10-;;;;;;/m11.111....../s1/i;;;;;;;;1D;;;. The van der Waals surface area contributed by atoms with Gasteiger partial charge in [-0.25, -0.2) is 9.57 Å². The van der Waals surface area contributed by atoms with Gasteiger partial charge in [0, 0.05) is 92.7 Å². The van der Waals surface area contributed by atoms with Crippen LogP contribution in [0.25, 0.3) is 0 Å². The Bertz CT molecular complexity index is 4270. The SMILES string of the molecule is C1CCC2OC2C1.CBr.CN.CN(C(=O)Cc1ccc(O)c(Cl)c1)C1CCCC[C@H]1N1CCCC1.CN[C@@H]1CCCC[C@H]1N1CCCC1.CS(=O)(=O)O[C@@H]1CCCC[C@H]1N1CCCC1.Cc1ccc(CC(=O)N(C)C2CCCC[C@H]2N2CCCC2)cc1Cl.N=S.O=C(Cc1ccc(O)c(Cl)c1)ON1C(=O)CCC1=O.O=C(O)Cc1ccc(O)c(Cl)c1.O[C@@H]1CCCC[C@H]1N1CCCC1.[2H]C#C. The molecule has 13 fully saturated rings.